The molecule has 12 nitrogen and oxygen atoms in total. The van der Waals surface area contributed by atoms with Crippen LogP contribution in [0.5, 0.6) is 5.75 Å². The lowest BCUT2D eigenvalue weighted by atomic mass is 9.99. The summed E-state index contributed by atoms with van der Waals surface area (Å²) in [7, 11) is 1.49. The number of esters is 2. The van der Waals surface area contributed by atoms with Gasteiger partial charge in [-0.1, -0.05) is 11.6 Å². The lowest BCUT2D eigenvalue weighted by Crippen LogP contribution is -2.58. The molecule has 1 fully saturated rings. The first-order chi connectivity index (χ1) is 19.4. The zero-order valence-electron chi connectivity index (χ0n) is 22.4. The molecular weight excluding hydrogens is 562 g/mol. The molecule has 220 valence electrons. The minimum Gasteiger partial charge on any atom is -0.497 e. The van der Waals surface area contributed by atoms with E-state index in [0.717, 1.165) is 0 Å². The van der Waals surface area contributed by atoms with Gasteiger partial charge < -0.3 is 39.4 Å². The number of ether oxygens (including phenoxy) is 4. The number of hydrogen-bond donors (Lipinski definition) is 4. The number of methoxy groups -OCH3 is 1. The van der Waals surface area contributed by atoms with E-state index < -0.39 is 55.4 Å². The Balaban J connectivity index is 1.48. The highest BCUT2D eigenvalue weighted by molar-refractivity contribution is 6.30. The molecule has 0 aliphatic carbocycles. The molecular formula is C28H30ClNO11. The molecule has 0 spiro atoms. The molecule has 6 atom stereocenters. The van der Waals surface area contributed by atoms with Crippen LogP contribution in [0.1, 0.15) is 28.5 Å². The Morgan fingerprint density at radius 3 is 2.37 bits per heavy atom. The lowest BCUT2D eigenvalue weighted by molar-refractivity contribution is -0.287. The first kappa shape index (κ1) is 30.4. The third-order valence-corrected chi connectivity index (χ3v) is 7.13. The minimum atomic E-state index is -1.79. The van der Waals surface area contributed by atoms with Crippen molar-refractivity contribution in [2.75, 3.05) is 13.7 Å². The highest BCUT2D eigenvalue weighted by Gasteiger charge is 2.43. The molecule has 0 saturated carbocycles. The third kappa shape index (κ3) is 6.38. The summed E-state index contributed by atoms with van der Waals surface area (Å²) >= 11 is 5.97. The van der Waals surface area contributed by atoms with E-state index in [4.69, 9.17) is 30.5 Å². The van der Waals surface area contributed by atoms with E-state index in [9.17, 15) is 34.8 Å². The van der Waals surface area contributed by atoms with Crippen LogP contribution in [0.3, 0.4) is 0 Å². The van der Waals surface area contributed by atoms with Gasteiger partial charge in [0.2, 0.25) is 0 Å². The smallest absolute Gasteiger partial charge is 0.347 e. The molecule has 1 aliphatic rings. The van der Waals surface area contributed by atoms with Crippen LogP contribution < -0.4 is 4.74 Å². The second-order valence-corrected chi connectivity index (χ2v) is 10.0. The molecule has 0 amide bonds. The van der Waals surface area contributed by atoms with Crippen LogP contribution in [0.4, 0.5) is 0 Å². The van der Waals surface area contributed by atoms with Gasteiger partial charge in [0.25, 0.3) is 5.91 Å². The number of fused-ring (bicyclic) bond motifs is 1. The van der Waals surface area contributed by atoms with E-state index in [-0.39, 0.29) is 12.3 Å². The molecule has 1 aromatic heterocycles. The number of aliphatic hydroxyl groups excluding tert-OH is 4. The van der Waals surface area contributed by atoms with E-state index in [2.05, 4.69) is 0 Å². The Morgan fingerprint density at radius 2 is 1.71 bits per heavy atom. The van der Waals surface area contributed by atoms with Crippen molar-refractivity contribution >= 4 is 40.3 Å². The van der Waals surface area contributed by atoms with E-state index in [1.165, 1.54) is 18.6 Å². The second-order valence-electron chi connectivity index (χ2n) is 9.57. The number of hydrogen-bond acceptors (Lipinski definition) is 11. The molecule has 2 heterocycles. The number of carbonyl (C=O) groups is 3. The number of aromatic nitrogens is 1. The maximum atomic E-state index is 13.4. The predicted octanol–water partition coefficient (Wildman–Crippen LogP) is 1.12. The zero-order valence-corrected chi connectivity index (χ0v) is 23.1. The summed E-state index contributed by atoms with van der Waals surface area (Å²) in [5.74, 6) is -1.57. The Hall–Kier alpha value is -3.52. The number of rotatable bonds is 8. The van der Waals surface area contributed by atoms with Crippen molar-refractivity contribution < 1.29 is 53.8 Å². The molecule has 4 rings (SSSR count). The standard InChI is InChI=1S/C28H30ClNO11/c1-13-18(11-22(31)40-14(2)27(36)39-12-21-23(32)24(33)25(34)28(37)41-21)19-10-17(38-3)8-9-20(19)30(13)26(35)15-4-6-16(29)7-5-15/h4-10,14,21,23-25,28,32-34,37H,11-12H2,1-3H3/t14?,21-,23-,24+,25-,28-/m1/s1. The van der Waals surface area contributed by atoms with Crippen molar-refractivity contribution in [1.29, 1.82) is 0 Å². The number of aliphatic hydroxyl groups is 4. The van der Waals surface area contributed by atoms with Crippen LogP contribution >= 0.6 is 11.6 Å². The van der Waals surface area contributed by atoms with Crippen molar-refractivity contribution in [2.45, 2.75) is 57.1 Å². The molecule has 41 heavy (non-hydrogen) atoms. The van der Waals surface area contributed by atoms with Crippen LogP contribution in [0.2, 0.25) is 5.02 Å². The maximum absolute atomic E-state index is 13.4. The molecule has 1 unspecified atom stereocenters. The normalized spacial score (nSPS) is 23.2. The van der Waals surface area contributed by atoms with Gasteiger partial charge in [-0.15, -0.1) is 0 Å². The Morgan fingerprint density at radius 1 is 1.02 bits per heavy atom. The second kappa shape index (κ2) is 12.6. The monoisotopic (exact) mass is 591 g/mol. The predicted molar refractivity (Wildman–Crippen MR) is 144 cm³/mol. The quantitative estimate of drug-likeness (QED) is 0.276. The van der Waals surface area contributed by atoms with Crippen molar-refractivity contribution in [3.8, 4) is 5.75 Å². The molecule has 3 aromatic rings. The average molecular weight is 592 g/mol. The summed E-state index contributed by atoms with van der Waals surface area (Å²) < 4.78 is 22.1. The Bertz CT molecular complexity index is 1440. The van der Waals surface area contributed by atoms with E-state index in [1.54, 1.807) is 49.4 Å². The molecule has 0 bridgehead atoms. The van der Waals surface area contributed by atoms with Crippen LogP contribution in [-0.4, -0.2) is 93.4 Å². The Labute approximate surface area is 239 Å². The zero-order chi connectivity index (χ0) is 30.0. The summed E-state index contributed by atoms with van der Waals surface area (Å²) in [4.78, 5) is 38.8. The van der Waals surface area contributed by atoms with Gasteiger partial charge in [0.05, 0.1) is 19.0 Å². The molecule has 4 N–H and O–H groups in total. The lowest BCUT2D eigenvalue weighted by Gasteiger charge is -2.37. The van der Waals surface area contributed by atoms with Crippen LogP contribution in [-0.2, 0) is 30.2 Å². The van der Waals surface area contributed by atoms with Gasteiger partial charge in [0.15, 0.2) is 12.4 Å². The van der Waals surface area contributed by atoms with E-state index in [0.29, 0.717) is 38.5 Å². The number of benzene rings is 2. The summed E-state index contributed by atoms with van der Waals surface area (Å²) in [6, 6.07) is 11.5. The SMILES string of the molecule is COc1ccc2c(c1)c(CC(=O)OC(C)C(=O)OC[C@H]1O[C@@H](O)[C@H](O)[C@@H](O)[C@@H]1O)c(C)n2C(=O)c1ccc(Cl)cc1. The fourth-order valence-electron chi connectivity index (χ4n) is 4.58. The van der Waals surface area contributed by atoms with Gasteiger partial charge in [-0.25, -0.2) is 4.79 Å². The van der Waals surface area contributed by atoms with Crippen molar-refractivity contribution in [2.24, 2.45) is 0 Å². The summed E-state index contributed by atoms with van der Waals surface area (Å²) in [5, 5.41) is 40.0. The number of carbonyl (C=O) groups excluding carboxylic acids is 3. The van der Waals surface area contributed by atoms with Crippen molar-refractivity contribution in [3.05, 3.63) is 64.3 Å². The molecule has 13 heteroatoms. The highest BCUT2D eigenvalue weighted by atomic mass is 35.5. The van der Waals surface area contributed by atoms with Crippen LogP contribution in [0.25, 0.3) is 10.9 Å². The largest absolute Gasteiger partial charge is 0.497 e. The van der Waals surface area contributed by atoms with E-state index in [1.807, 2.05) is 0 Å². The summed E-state index contributed by atoms with van der Waals surface area (Å²) in [6.45, 7) is 2.40. The fourth-order valence-corrected chi connectivity index (χ4v) is 4.70. The Kier molecular flexibility index (Phi) is 9.32. The van der Waals surface area contributed by atoms with Crippen molar-refractivity contribution in [1.82, 2.24) is 4.57 Å². The molecule has 2 aromatic carbocycles. The van der Waals surface area contributed by atoms with Gasteiger partial charge >= 0.3 is 11.9 Å². The van der Waals surface area contributed by atoms with Gasteiger partial charge in [-0.2, -0.15) is 0 Å². The summed E-state index contributed by atoms with van der Waals surface area (Å²) in [5.41, 5.74) is 1.91. The highest BCUT2D eigenvalue weighted by Crippen LogP contribution is 2.31. The molecule has 1 saturated heterocycles. The van der Waals surface area contributed by atoms with Gasteiger partial charge in [-0.05, 0) is 61.9 Å². The van der Waals surface area contributed by atoms with Gasteiger partial charge in [0.1, 0.15) is 36.8 Å². The first-order valence-electron chi connectivity index (χ1n) is 12.6. The third-order valence-electron chi connectivity index (χ3n) is 6.87. The number of halogens is 1. The maximum Gasteiger partial charge on any atom is 0.347 e. The molecule has 1 aliphatic heterocycles. The first-order valence-corrected chi connectivity index (χ1v) is 13.0. The summed E-state index contributed by atoms with van der Waals surface area (Å²) in [6.07, 6.45) is -9.83. The van der Waals surface area contributed by atoms with Gasteiger partial charge in [0, 0.05) is 21.7 Å². The topological polar surface area (TPSA) is 174 Å². The molecule has 0 radical (unpaired) electrons. The number of nitrogens with zero attached hydrogens (tertiary/aromatic N) is 1. The average Bonchev–Trinajstić information content (AvgIpc) is 3.22. The van der Waals surface area contributed by atoms with E-state index >= 15 is 0 Å². The van der Waals surface area contributed by atoms with Crippen molar-refractivity contribution in [3.63, 3.8) is 0 Å². The fraction of sp³-hybridized carbons (Fsp3) is 0.393. The van der Waals surface area contributed by atoms with Crippen LogP contribution in [0.15, 0.2) is 42.5 Å². The van der Waals surface area contributed by atoms with Gasteiger partial charge in [-0.3, -0.25) is 14.2 Å². The van der Waals surface area contributed by atoms with Crippen LogP contribution in [0, 0.1) is 6.92 Å². The minimum absolute atomic E-state index is 0.283.